The minimum Gasteiger partial charge on any atom is -0.480 e. The SMILES string of the molecule is CCC(C)N(CC(=O)O)S(=O)(=O)c1ccc(Br)cc1. The Morgan fingerprint density at radius 3 is 2.32 bits per heavy atom. The maximum atomic E-state index is 12.4. The van der Waals surface area contributed by atoms with E-state index in [9.17, 15) is 13.2 Å². The van der Waals surface area contributed by atoms with Crippen LogP contribution in [0, 0.1) is 0 Å². The average Bonchev–Trinajstić information content (AvgIpc) is 2.35. The predicted octanol–water partition coefficient (Wildman–Crippen LogP) is 2.32. The van der Waals surface area contributed by atoms with Gasteiger partial charge in [-0.2, -0.15) is 4.31 Å². The molecule has 5 nitrogen and oxygen atoms in total. The highest BCUT2D eigenvalue weighted by atomic mass is 79.9. The minimum atomic E-state index is -3.79. The van der Waals surface area contributed by atoms with Gasteiger partial charge in [0, 0.05) is 10.5 Å². The van der Waals surface area contributed by atoms with Gasteiger partial charge in [0.25, 0.3) is 0 Å². The normalized spacial score (nSPS) is 13.5. The summed E-state index contributed by atoms with van der Waals surface area (Å²) < 4.78 is 26.6. The van der Waals surface area contributed by atoms with Gasteiger partial charge in [-0.15, -0.1) is 0 Å². The molecule has 0 amide bonds. The van der Waals surface area contributed by atoms with Crippen molar-refractivity contribution in [3.8, 4) is 0 Å². The molecule has 0 aliphatic heterocycles. The lowest BCUT2D eigenvalue weighted by Crippen LogP contribution is -2.41. The summed E-state index contributed by atoms with van der Waals surface area (Å²) >= 11 is 3.23. The molecular formula is C12H16BrNO4S. The Bertz CT molecular complexity index is 541. The van der Waals surface area contributed by atoms with Gasteiger partial charge in [0.15, 0.2) is 0 Å². The van der Waals surface area contributed by atoms with E-state index < -0.39 is 22.5 Å². The Hall–Kier alpha value is -0.920. The van der Waals surface area contributed by atoms with Crippen molar-refractivity contribution >= 4 is 31.9 Å². The highest BCUT2D eigenvalue weighted by Gasteiger charge is 2.30. The summed E-state index contributed by atoms with van der Waals surface area (Å²) in [5.74, 6) is -1.17. The highest BCUT2D eigenvalue weighted by Crippen LogP contribution is 2.21. The zero-order chi connectivity index (χ0) is 14.6. The third kappa shape index (κ3) is 4.02. The van der Waals surface area contributed by atoms with Gasteiger partial charge in [-0.1, -0.05) is 22.9 Å². The molecule has 7 heteroatoms. The van der Waals surface area contributed by atoms with Crippen molar-refractivity contribution in [2.45, 2.75) is 31.2 Å². The largest absolute Gasteiger partial charge is 0.480 e. The van der Waals surface area contributed by atoms with Gasteiger partial charge in [-0.3, -0.25) is 4.79 Å². The van der Waals surface area contributed by atoms with Gasteiger partial charge in [-0.25, -0.2) is 8.42 Å². The highest BCUT2D eigenvalue weighted by molar-refractivity contribution is 9.10. The predicted molar refractivity (Wildman–Crippen MR) is 75.4 cm³/mol. The van der Waals surface area contributed by atoms with Crippen LogP contribution < -0.4 is 0 Å². The van der Waals surface area contributed by atoms with Crippen LogP contribution >= 0.6 is 15.9 Å². The molecule has 19 heavy (non-hydrogen) atoms. The van der Waals surface area contributed by atoms with Gasteiger partial charge >= 0.3 is 5.97 Å². The molecule has 1 aromatic rings. The van der Waals surface area contributed by atoms with E-state index in [1.807, 2.05) is 6.92 Å². The maximum Gasteiger partial charge on any atom is 0.318 e. The molecule has 1 aromatic carbocycles. The molecule has 0 heterocycles. The summed E-state index contributed by atoms with van der Waals surface area (Å²) in [5, 5.41) is 8.87. The molecule has 0 fully saturated rings. The number of carboxylic acids is 1. The molecule has 1 rings (SSSR count). The topological polar surface area (TPSA) is 74.7 Å². The number of carbonyl (C=O) groups is 1. The van der Waals surface area contributed by atoms with E-state index in [1.165, 1.54) is 12.1 Å². The van der Waals surface area contributed by atoms with Crippen molar-refractivity contribution in [1.29, 1.82) is 0 Å². The third-order valence-corrected chi connectivity index (χ3v) is 5.30. The number of halogens is 1. The molecule has 0 saturated heterocycles. The van der Waals surface area contributed by atoms with E-state index in [0.717, 1.165) is 8.78 Å². The molecule has 0 aliphatic rings. The summed E-state index contributed by atoms with van der Waals surface area (Å²) in [6, 6.07) is 5.77. The first-order chi connectivity index (χ1) is 8.78. The monoisotopic (exact) mass is 349 g/mol. The lowest BCUT2D eigenvalue weighted by Gasteiger charge is -2.26. The fourth-order valence-electron chi connectivity index (χ4n) is 1.56. The summed E-state index contributed by atoms with van der Waals surface area (Å²) in [5.41, 5.74) is 0. The van der Waals surface area contributed by atoms with Gasteiger partial charge in [0.2, 0.25) is 10.0 Å². The number of aliphatic carboxylic acids is 1. The van der Waals surface area contributed by atoms with Crippen LogP contribution in [0.2, 0.25) is 0 Å². The van der Waals surface area contributed by atoms with Crippen LogP contribution in [0.25, 0.3) is 0 Å². The molecule has 1 N–H and O–H groups in total. The Balaban J connectivity index is 3.18. The first-order valence-corrected chi connectivity index (χ1v) is 8.01. The first-order valence-electron chi connectivity index (χ1n) is 5.78. The smallest absolute Gasteiger partial charge is 0.318 e. The van der Waals surface area contributed by atoms with Crippen LogP contribution in [-0.4, -0.2) is 36.4 Å². The number of hydrogen-bond acceptors (Lipinski definition) is 3. The summed E-state index contributed by atoms with van der Waals surface area (Å²) in [4.78, 5) is 10.9. The van der Waals surface area contributed by atoms with Crippen molar-refractivity contribution in [1.82, 2.24) is 4.31 Å². The van der Waals surface area contributed by atoms with E-state index in [2.05, 4.69) is 15.9 Å². The fraction of sp³-hybridized carbons (Fsp3) is 0.417. The number of rotatable bonds is 6. The molecular weight excluding hydrogens is 334 g/mol. The molecule has 106 valence electrons. The van der Waals surface area contributed by atoms with Crippen LogP contribution in [0.5, 0.6) is 0 Å². The van der Waals surface area contributed by atoms with E-state index >= 15 is 0 Å². The summed E-state index contributed by atoms with van der Waals surface area (Å²) in [7, 11) is -3.79. The zero-order valence-corrected chi connectivity index (χ0v) is 13.1. The Kier molecular flexibility index (Phi) is 5.51. The van der Waals surface area contributed by atoms with Gasteiger partial charge in [0.1, 0.15) is 6.54 Å². The van der Waals surface area contributed by atoms with Crippen molar-refractivity contribution < 1.29 is 18.3 Å². The van der Waals surface area contributed by atoms with E-state index in [0.29, 0.717) is 6.42 Å². The Morgan fingerprint density at radius 1 is 1.37 bits per heavy atom. The number of sulfonamides is 1. The minimum absolute atomic E-state index is 0.0947. The molecule has 1 unspecified atom stereocenters. The average molecular weight is 350 g/mol. The van der Waals surface area contributed by atoms with Crippen LogP contribution in [-0.2, 0) is 14.8 Å². The standard InChI is InChI=1S/C12H16BrNO4S/c1-3-9(2)14(8-12(15)16)19(17,18)11-6-4-10(13)5-7-11/h4-7,9H,3,8H2,1-2H3,(H,15,16). The van der Waals surface area contributed by atoms with Crippen LogP contribution in [0.1, 0.15) is 20.3 Å². The van der Waals surface area contributed by atoms with Gasteiger partial charge in [0.05, 0.1) is 4.90 Å². The second-order valence-electron chi connectivity index (χ2n) is 4.16. The van der Waals surface area contributed by atoms with Crippen molar-refractivity contribution in [2.24, 2.45) is 0 Å². The van der Waals surface area contributed by atoms with E-state index in [1.54, 1.807) is 19.1 Å². The number of nitrogens with zero attached hydrogens (tertiary/aromatic N) is 1. The van der Waals surface area contributed by atoms with Crippen molar-refractivity contribution in [2.75, 3.05) is 6.54 Å². The molecule has 0 spiro atoms. The first kappa shape index (κ1) is 16.1. The fourth-order valence-corrected chi connectivity index (χ4v) is 3.48. The van der Waals surface area contributed by atoms with Crippen LogP contribution in [0.4, 0.5) is 0 Å². The second-order valence-corrected chi connectivity index (χ2v) is 6.96. The maximum absolute atomic E-state index is 12.4. The van der Waals surface area contributed by atoms with Gasteiger partial charge in [-0.05, 0) is 37.6 Å². The molecule has 1 atom stereocenters. The summed E-state index contributed by atoms with van der Waals surface area (Å²) in [6.07, 6.45) is 0.545. The van der Waals surface area contributed by atoms with Crippen LogP contribution in [0.15, 0.2) is 33.6 Å². The summed E-state index contributed by atoms with van der Waals surface area (Å²) in [6.45, 7) is 2.98. The Labute approximate surface area is 121 Å². The van der Waals surface area contributed by atoms with Crippen LogP contribution in [0.3, 0.4) is 0 Å². The number of benzene rings is 1. The number of hydrogen-bond donors (Lipinski definition) is 1. The molecule has 0 saturated carbocycles. The zero-order valence-electron chi connectivity index (χ0n) is 10.7. The molecule has 0 aromatic heterocycles. The second kappa shape index (κ2) is 6.49. The molecule has 0 radical (unpaired) electrons. The third-order valence-electron chi connectivity index (χ3n) is 2.79. The molecule has 0 bridgehead atoms. The lowest BCUT2D eigenvalue weighted by molar-refractivity contribution is -0.137. The van der Waals surface area contributed by atoms with E-state index in [-0.39, 0.29) is 10.9 Å². The van der Waals surface area contributed by atoms with Crippen molar-refractivity contribution in [3.63, 3.8) is 0 Å². The molecule has 0 aliphatic carbocycles. The van der Waals surface area contributed by atoms with Crippen molar-refractivity contribution in [3.05, 3.63) is 28.7 Å². The lowest BCUT2D eigenvalue weighted by atomic mass is 10.2. The Morgan fingerprint density at radius 2 is 1.89 bits per heavy atom. The van der Waals surface area contributed by atoms with E-state index in [4.69, 9.17) is 5.11 Å². The number of carboxylic acid groups (broad SMARTS) is 1. The van der Waals surface area contributed by atoms with Gasteiger partial charge < -0.3 is 5.11 Å². The quantitative estimate of drug-likeness (QED) is 0.855.